The Morgan fingerprint density at radius 2 is 1.00 bits per heavy atom. The number of benzene rings is 4. The number of halogens is 4. The quantitative estimate of drug-likeness (QED) is 0.0780. The SMILES string of the molecule is O=C(NN=Cc1cc(Br)cc(Br)c1[OH2+])c1ccccc1O.O=C(NN=Cc1cc(Br)cc(Br)c1[OH2+])c1ccccc1O.[Fe+2]. The zero-order chi connectivity index (χ0) is 30.8. The van der Waals surface area contributed by atoms with Gasteiger partial charge in [0.15, 0.2) is 0 Å². The van der Waals surface area contributed by atoms with Crippen molar-refractivity contribution in [1.82, 2.24) is 10.9 Å². The van der Waals surface area contributed by atoms with Crippen LogP contribution in [0.3, 0.4) is 0 Å². The molecule has 10 nitrogen and oxygen atoms in total. The Labute approximate surface area is 289 Å². The average Bonchev–Trinajstić information content (AvgIpc) is 2.94. The summed E-state index contributed by atoms with van der Waals surface area (Å²) >= 11 is 13.2. The molecule has 2 amide bonds. The van der Waals surface area contributed by atoms with Crippen LogP contribution in [-0.4, -0.2) is 44.7 Å². The topological polar surface area (TPSA) is 169 Å². The molecule has 0 unspecified atom stereocenters. The van der Waals surface area contributed by atoms with Crippen LogP contribution in [0.1, 0.15) is 31.8 Å². The van der Waals surface area contributed by atoms with Crippen molar-refractivity contribution in [3.8, 4) is 23.0 Å². The number of hydrogen-bond acceptors (Lipinski definition) is 6. The molecule has 0 fully saturated rings. The van der Waals surface area contributed by atoms with Gasteiger partial charge in [-0.05, 0) is 80.4 Å². The number of nitrogens with zero attached hydrogens (tertiary/aromatic N) is 2. The maximum absolute atomic E-state index is 11.8. The Morgan fingerprint density at radius 3 is 1.35 bits per heavy atom. The summed E-state index contributed by atoms with van der Waals surface area (Å²) in [6.45, 7) is 0. The number of hydrogen-bond donors (Lipinski definition) is 4. The molecule has 0 bridgehead atoms. The van der Waals surface area contributed by atoms with Crippen molar-refractivity contribution in [3.05, 3.63) is 113 Å². The second-order valence-corrected chi connectivity index (χ2v) is 11.7. The fourth-order valence-electron chi connectivity index (χ4n) is 3.16. The van der Waals surface area contributed by atoms with Crippen LogP contribution in [0.2, 0.25) is 0 Å². The Bertz CT molecular complexity index is 1560. The van der Waals surface area contributed by atoms with E-state index >= 15 is 0 Å². The number of carbonyl (C=O) groups is 2. The molecule has 0 aliphatic carbocycles. The Hall–Kier alpha value is -3.20. The van der Waals surface area contributed by atoms with Crippen molar-refractivity contribution in [3.63, 3.8) is 0 Å². The summed E-state index contributed by atoms with van der Waals surface area (Å²) in [6, 6.07) is 19.3. The molecule has 0 aliphatic rings. The van der Waals surface area contributed by atoms with Crippen LogP contribution in [0.5, 0.6) is 23.0 Å². The van der Waals surface area contributed by atoms with Gasteiger partial charge in [-0.15, -0.1) is 0 Å². The van der Waals surface area contributed by atoms with E-state index in [2.05, 4.69) is 84.8 Å². The monoisotopic (exact) mass is 882 g/mol. The molecule has 8 N–H and O–H groups in total. The Kier molecular flexibility index (Phi) is 14.4. The number of hydrazone groups is 2. The van der Waals surface area contributed by atoms with Crippen LogP contribution in [0.4, 0.5) is 0 Å². The standard InChI is InChI=1S/2C14H10Br2N2O3.Fe/c2*15-9-5-8(13(20)11(16)6-9)7-17-18-14(21)10-3-1-2-4-12(10)19;/h2*1-7,19-20H,(H,18,21);/q;;+2/p+2. The minimum atomic E-state index is -0.523. The van der Waals surface area contributed by atoms with Crippen LogP contribution in [-0.2, 0) is 17.1 Å². The maximum atomic E-state index is 11.8. The first kappa shape index (κ1) is 36.0. The molecular formula is C28H22Br4FeN4O6+4. The first-order chi connectivity index (χ1) is 20.0. The van der Waals surface area contributed by atoms with Gasteiger partial charge >= 0.3 is 17.1 Å². The summed E-state index contributed by atoms with van der Waals surface area (Å²) in [4.78, 5) is 23.6. The van der Waals surface area contributed by atoms with Gasteiger partial charge in [-0.2, -0.15) is 10.2 Å². The fourth-order valence-corrected chi connectivity index (χ4v) is 5.68. The van der Waals surface area contributed by atoms with Gasteiger partial charge in [0.25, 0.3) is 23.3 Å². The minimum Gasteiger partial charge on any atom is -0.592 e. The van der Waals surface area contributed by atoms with Gasteiger partial charge in [-0.3, -0.25) is 9.59 Å². The van der Waals surface area contributed by atoms with Gasteiger partial charge in [0.2, 0.25) is 0 Å². The summed E-state index contributed by atoms with van der Waals surface area (Å²) in [5.41, 5.74) is 5.96. The van der Waals surface area contributed by atoms with Crippen LogP contribution in [0, 0.1) is 0 Å². The number of amides is 2. The number of phenols is 2. The number of para-hydroxylation sites is 2. The zero-order valence-electron chi connectivity index (χ0n) is 21.6. The van der Waals surface area contributed by atoms with E-state index in [0.29, 0.717) is 20.1 Å². The van der Waals surface area contributed by atoms with E-state index in [0.717, 1.165) is 8.95 Å². The summed E-state index contributed by atoms with van der Waals surface area (Å²) in [5, 5.41) is 42.5. The number of nitrogens with one attached hydrogen (secondary N) is 2. The van der Waals surface area contributed by atoms with Crippen molar-refractivity contribution in [2.75, 3.05) is 0 Å². The molecule has 0 aromatic heterocycles. The van der Waals surface area contributed by atoms with Gasteiger partial charge in [-0.25, -0.2) is 10.9 Å². The molecule has 0 aliphatic heterocycles. The van der Waals surface area contributed by atoms with Crippen LogP contribution >= 0.6 is 63.7 Å². The van der Waals surface area contributed by atoms with E-state index in [1.54, 1.807) is 48.5 Å². The zero-order valence-corrected chi connectivity index (χ0v) is 29.0. The normalized spacial score (nSPS) is 10.5. The summed E-state index contributed by atoms with van der Waals surface area (Å²) < 4.78 is 2.81. The van der Waals surface area contributed by atoms with Gasteiger partial charge < -0.3 is 20.4 Å². The average molecular weight is 886 g/mol. The molecule has 4 rings (SSSR count). The smallest absolute Gasteiger partial charge is 0.592 e. The van der Waals surface area contributed by atoms with E-state index in [1.807, 2.05) is 0 Å². The first-order valence-electron chi connectivity index (χ1n) is 11.6. The van der Waals surface area contributed by atoms with Crippen LogP contribution in [0.25, 0.3) is 0 Å². The van der Waals surface area contributed by atoms with Gasteiger partial charge in [0.1, 0.15) is 20.4 Å². The fraction of sp³-hybridized carbons (Fsp3) is 0. The molecule has 0 saturated heterocycles. The van der Waals surface area contributed by atoms with Crippen LogP contribution < -0.4 is 10.9 Å². The van der Waals surface area contributed by atoms with E-state index in [-0.39, 0.29) is 51.2 Å². The van der Waals surface area contributed by atoms with Crippen molar-refractivity contribution in [2.24, 2.45) is 10.2 Å². The Balaban J connectivity index is 0.000000293. The van der Waals surface area contributed by atoms with Crippen molar-refractivity contribution in [1.29, 1.82) is 0 Å². The van der Waals surface area contributed by atoms with Gasteiger partial charge in [0, 0.05) is 8.95 Å². The summed E-state index contributed by atoms with van der Waals surface area (Å²) in [7, 11) is 0. The number of aromatic hydroxyl groups is 2. The first-order valence-corrected chi connectivity index (χ1v) is 14.8. The summed E-state index contributed by atoms with van der Waals surface area (Å²) in [6.07, 6.45) is 2.74. The van der Waals surface area contributed by atoms with Crippen molar-refractivity contribution in [2.45, 2.75) is 0 Å². The molecular weight excluding hydrogens is 864 g/mol. The molecule has 0 atom stereocenters. The number of carbonyl (C=O) groups excluding carboxylic acids is 2. The van der Waals surface area contributed by atoms with E-state index in [4.69, 9.17) is 10.2 Å². The second-order valence-electron chi connectivity index (χ2n) is 8.14. The molecule has 15 heteroatoms. The molecule has 0 spiro atoms. The summed E-state index contributed by atoms with van der Waals surface area (Å²) in [5.74, 6) is -0.749. The molecule has 4 aromatic carbocycles. The number of rotatable bonds is 6. The Morgan fingerprint density at radius 1 is 0.651 bits per heavy atom. The van der Waals surface area contributed by atoms with Crippen molar-refractivity contribution >= 4 is 88.0 Å². The maximum Gasteiger partial charge on any atom is 2.00 e. The molecule has 0 heterocycles. The van der Waals surface area contributed by atoms with E-state index in [1.165, 1.54) is 36.7 Å². The minimum absolute atomic E-state index is 0. The molecule has 43 heavy (non-hydrogen) atoms. The molecule has 222 valence electrons. The van der Waals surface area contributed by atoms with E-state index < -0.39 is 11.8 Å². The third-order valence-corrected chi connectivity index (χ3v) is 7.37. The number of phenolic OH excluding ortho intramolecular Hbond substituents is 2. The second kappa shape index (κ2) is 17.2. The van der Waals surface area contributed by atoms with Gasteiger partial charge in [-0.1, -0.05) is 56.1 Å². The predicted molar refractivity (Wildman–Crippen MR) is 176 cm³/mol. The third kappa shape index (κ3) is 10.5. The molecule has 0 radical (unpaired) electrons. The molecule has 0 saturated carbocycles. The van der Waals surface area contributed by atoms with Crippen molar-refractivity contribution < 1.29 is 47.1 Å². The van der Waals surface area contributed by atoms with E-state index in [9.17, 15) is 19.8 Å². The molecule has 4 aromatic rings. The predicted octanol–water partition coefficient (Wildman–Crippen LogP) is 6.24. The largest absolute Gasteiger partial charge is 2.00 e. The third-order valence-electron chi connectivity index (χ3n) is 5.21. The van der Waals surface area contributed by atoms with Gasteiger partial charge in [0.05, 0.1) is 34.7 Å². The van der Waals surface area contributed by atoms with Crippen LogP contribution in [0.15, 0.2) is 101 Å².